The van der Waals surface area contributed by atoms with E-state index in [1.807, 2.05) is 5.32 Å². The summed E-state index contributed by atoms with van der Waals surface area (Å²) >= 11 is 5.76. The Balaban J connectivity index is 2.56. The third kappa shape index (κ3) is 5.76. The Morgan fingerprint density at radius 1 is 1.22 bits per heavy atom. The van der Waals surface area contributed by atoms with Crippen molar-refractivity contribution in [2.75, 3.05) is 5.32 Å². The van der Waals surface area contributed by atoms with Gasteiger partial charge in [0.2, 0.25) is 0 Å². The molecular weight excluding hydrogens is 456 g/mol. The van der Waals surface area contributed by atoms with E-state index in [4.69, 9.17) is 21.6 Å². The van der Waals surface area contributed by atoms with Gasteiger partial charge >= 0.3 is 6.18 Å². The van der Waals surface area contributed by atoms with Crippen molar-refractivity contribution in [3.05, 3.63) is 69.7 Å². The van der Waals surface area contributed by atoms with Gasteiger partial charge in [-0.1, -0.05) is 11.6 Å². The van der Waals surface area contributed by atoms with Crippen molar-refractivity contribution >= 4 is 29.0 Å². The normalized spacial score (nSPS) is 12.9. The monoisotopic (exact) mass is 470 g/mol. The van der Waals surface area contributed by atoms with E-state index in [0.29, 0.717) is 24.1 Å². The molecule has 2 aromatic rings. The van der Waals surface area contributed by atoms with Crippen LogP contribution in [0, 0.1) is 17.1 Å². The van der Waals surface area contributed by atoms with Crippen LogP contribution in [0.1, 0.15) is 29.8 Å². The first-order chi connectivity index (χ1) is 14.8. The maximum atomic E-state index is 14.6. The summed E-state index contributed by atoms with van der Waals surface area (Å²) in [4.78, 5) is 24.9. The zero-order chi connectivity index (χ0) is 24.2. The number of anilines is 1. The number of carbonyl (C=O) groups excluding carboxylic acids is 2. The number of nitriles is 1. The lowest BCUT2D eigenvalue weighted by Crippen LogP contribution is -2.31. The second kappa shape index (κ2) is 9.70. The largest absolute Gasteiger partial charge is 0.511 e. The molecule has 0 saturated heterocycles. The van der Waals surface area contributed by atoms with Crippen molar-refractivity contribution in [1.82, 2.24) is 0 Å². The van der Waals surface area contributed by atoms with Crippen LogP contribution in [0.15, 0.2) is 47.7 Å². The maximum absolute atomic E-state index is 14.6. The molecule has 0 aromatic heterocycles. The molecule has 2 aromatic carbocycles. The summed E-state index contributed by atoms with van der Waals surface area (Å²) in [5.41, 5.74) is -1.94. The summed E-state index contributed by atoms with van der Waals surface area (Å²) in [6.45, 7) is 1.73. The highest BCUT2D eigenvalue weighted by Crippen LogP contribution is 2.33. The number of allylic oxidation sites excluding steroid dienone is 1. The van der Waals surface area contributed by atoms with Crippen molar-refractivity contribution < 1.29 is 37.0 Å². The summed E-state index contributed by atoms with van der Waals surface area (Å²) in [5.74, 6) is -4.56. The molecule has 32 heavy (non-hydrogen) atoms. The number of amides is 1. The Bertz CT molecular complexity index is 1120. The molecule has 2 rings (SSSR count). The van der Waals surface area contributed by atoms with Crippen LogP contribution in [0.5, 0.6) is 5.75 Å². The summed E-state index contributed by atoms with van der Waals surface area (Å²) in [5, 5.41) is 20.5. The Kier molecular flexibility index (Phi) is 7.48. The molecule has 0 fully saturated rings. The highest BCUT2D eigenvalue weighted by molar-refractivity contribution is 6.30. The molecule has 6 nitrogen and oxygen atoms in total. The highest BCUT2D eigenvalue weighted by Gasteiger charge is 2.39. The Hall–Kier alpha value is -3.58. The molecule has 0 unspecified atom stereocenters. The molecule has 0 aliphatic heterocycles. The molecule has 0 spiro atoms. The van der Waals surface area contributed by atoms with Crippen LogP contribution in [0.2, 0.25) is 5.02 Å². The number of nitrogens with zero attached hydrogens (tertiary/aromatic N) is 1. The lowest BCUT2D eigenvalue weighted by Gasteiger charge is -2.20. The number of hydrogen-bond donors (Lipinski definition) is 2. The number of hydrogen-bond acceptors (Lipinski definition) is 5. The molecule has 0 aliphatic rings. The molecule has 11 heteroatoms. The van der Waals surface area contributed by atoms with Crippen LogP contribution in [0.25, 0.3) is 0 Å². The number of ketones is 1. The van der Waals surface area contributed by atoms with Gasteiger partial charge in [0.25, 0.3) is 5.91 Å². The molecule has 0 aliphatic carbocycles. The lowest BCUT2D eigenvalue weighted by molar-refractivity contribution is -0.189. The molecule has 0 saturated carbocycles. The molecule has 168 valence electrons. The first-order valence-corrected chi connectivity index (χ1v) is 9.21. The molecule has 1 amide bonds. The lowest BCUT2D eigenvalue weighted by atomic mass is 10.0. The van der Waals surface area contributed by atoms with Gasteiger partial charge in [-0.2, -0.15) is 18.4 Å². The minimum absolute atomic E-state index is 0.000651. The van der Waals surface area contributed by atoms with Crippen molar-refractivity contribution in [2.24, 2.45) is 0 Å². The fourth-order valence-corrected chi connectivity index (χ4v) is 2.54. The van der Waals surface area contributed by atoms with Crippen LogP contribution in [0.4, 0.5) is 23.2 Å². The number of alkyl halides is 3. The second-order valence-corrected chi connectivity index (χ2v) is 6.93. The number of benzene rings is 2. The maximum Gasteiger partial charge on any atom is 0.425 e. The Labute approximate surface area is 184 Å². The van der Waals surface area contributed by atoms with Crippen LogP contribution in [-0.4, -0.2) is 29.1 Å². The van der Waals surface area contributed by atoms with Gasteiger partial charge in [-0.05, 0) is 44.2 Å². The number of nitrogens with one attached hydrogen (secondary N) is 1. The average Bonchev–Trinajstić information content (AvgIpc) is 2.69. The van der Waals surface area contributed by atoms with E-state index < -0.39 is 58.1 Å². The third-order valence-electron chi connectivity index (χ3n) is 4.13. The van der Waals surface area contributed by atoms with Gasteiger partial charge < -0.3 is 15.2 Å². The highest BCUT2D eigenvalue weighted by atomic mass is 35.5. The number of carbonyl (C=O) groups is 2. The number of aliphatic hydroxyl groups is 1. The van der Waals surface area contributed by atoms with E-state index >= 15 is 0 Å². The molecule has 0 heterocycles. The van der Waals surface area contributed by atoms with Gasteiger partial charge in [0.1, 0.15) is 23.4 Å². The standard InChI is InChI=1S/C21H15ClF4N2O4/c1-10(29)15(9-27)20(31)28-17-8-18(32-11(2)21(24,25)26)14(7-16(17)23)19(30)12-3-5-13(22)6-4-12/h3-8,11,29H,1-2H3,(H,28,31)/b15-10-/t11-/m0/s1. The molecule has 0 radical (unpaired) electrons. The summed E-state index contributed by atoms with van der Waals surface area (Å²) in [6.07, 6.45) is -7.18. The summed E-state index contributed by atoms with van der Waals surface area (Å²) in [7, 11) is 0. The van der Waals surface area contributed by atoms with Crippen LogP contribution < -0.4 is 10.1 Å². The molecule has 0 bridgehead atoms. The van der Waals surface area contributed by atoms with Crippen molar-refractivity contribution in [1.29, 1.82) is 5.26 Å². The third-order valence-corrected chi connectivity index (χ3v) is 4.39. The van der Waals surface area contributed by atoms with Crippen molar-refractivity contribution in [3.8, 4) is 11.8 Å². The van der Waals surface area contributed by atoms with Gasteiger partial charge in [-0.3, -0.25) is 9.59 Å². The zero-order valence-electron chi connectivity index (χ0n) is 16.6. The van der Waals surface area contributed by atoms with E-state index in [1.54, 1.807) is 0 Å². The van der Waals surface area contributed by atoms with E-state index in [2.05, 4.69) is 0 Å². The molecule has 2 N–H and O–H groups in total. The minimum atomic E-state index is -4.80. The quantitative estimate of drug-likeness (QED) is 0.195. The first kappa shape index (κ1) is 24.7. The van der Waals surface area contributed by atoms with E-state index in [9.17, 15) is 32.3 Å². The van der Waals surface area contributed by atoms with Crippen molar-refractivity contribution in [2.45, 2.75) is 26.1 Å². The van der Waals surface area contributed by atoms with Gasteiger partial charge in [0, 0.05) is 16.7 Å². The molecule has 1 atom stereocenters. The van der Waals surface area contributed by atoms with E-state index in [1.165, 1.54) is 30.3 Å². The van der Waals surface area contributed by atoms with Crippen LogP contribution >= 0.6 is 11.6 Å². The number of aliphatic hydroxyl groups excluding tert-OH is 1. The topological polar surface area (TPSA) is 99.4 Å². The zero-order valence-corrected chi connectivity index (χ0v) is 17.3. The first-order valence-electron chi connectivity index (χ1n) is 8.83. The predicted octanol–water partition coefficient (Wildman–Crippen LogP) is 5.33. The second-order valence-electron chi connectivity index (χ2n) is 6.49. The fourth-order valence-electron chi connectivity index (χ4n) is 2.42. The molecular formula is C21H15ClF4N2O4. The number of ether oxygens (including phenoxy) is 1. The average molecular weight is 471 g/mol. The fraction of sp³-hybridized carbons (Fsp3) is 0.190. The van der Waals surface area contributed by atoms with Crippen molar-refractivity contribution in [3.63, 3.8) is 0 Å². The van der Waals surface area contributed by atoms with Gasteiger partial charge in [-0.25, -0.2) is 4.39 Å². The number of halogens is 5. The van der Waals surface area contributed by atoms with Gasteiger partial charge in [0.15, 0.2) is 17.5 Å². The smallest absolute Gasteiger partial charge is 0.425 e. The van der Waals surface area contributed by atoms with Crippen LogP contribution in [-0.2, 0) is 4.79 Å². The number of rotatable bonds is 6. The Morgan fingerprint density at radius 3 is 2.31 bits per heavy atom. The Morgan fingerprint density at radius 2 is 1.81 bits per heavy atom. The SMILES string of the molecule is C/C(O)=C(\C#N)C(=O)Nc1cc(O[C@@H](C)C(F)(F)F)c(C(=O)c2ccc(Cl)cc2)cc1F. The minimum Gasteiger partial charge on any atom is -0.511 e. The van der Waals surface area contributed by atoms with Gasteiger partial charge in [0.05, 0.1) is 11.3 Å². The van der Waals surface area contributed by atoms with E-state index in [0.717, 1.165) is 6.92 Å². The summed E-state index contributed by atoms with van der Waals surface area (Å²) < 4.78 is 58.6. The predicted molar refractivity (Wildman–Crippen MR) is 107 cm³/mol. The van der Waals surface area contributed by atoms with Gasteiger partial charge in [-0.15, -0.1) is 0 Å². The van der Waals surface area contributed by atoms with Crippen LogP contribution in [0.3, 0.4) is 0 Å². The van der Waals surface area contributed by atoms with E-state index in [-0.39, 0.29) is 5.56 Å². The summed E-state index contributed by atoms with van der Waals surface area (Å²) in [6, 6.07) is 8.04.